The number of rotatable bonds is 7. The first-order valence-corrected chi connectivity index (χ1v) is 8.64. The van der Waals surface area contributed by atoms with Crippen molar-refractivity contribution >= 4 is 6.09 Å². The van der Waals surface area contributed by atoms with Crippen molar-refractivity contribution in [3.8, 4) is 0 Å². The van der Waals surface area contributed by atoms with Crippen LogP contribution in [0.3, 0.4) is 0 Å². The van der Waals surface area contributed by atoms with Gasteiger partial charge in [-0.3, -0.25) is 0 Å². The monoisotopic (exact) mass is 314 g/mol. The third kappa shape index (κ3) is 6.97. The number of nitrogens with zero attached hydrogens (tertiary/aromatic N) is 1. The lowest BCUT2D eigenvalue weighted by Gasteiger charge is -2.30. The number of amides is 1. The first-order valence-electron chi connectivity index (χ1n) is 8.64. The van der Waals surface area contributed by atoms with Crippen LogP contribution in [0.1, 0.15) is 66.7 Å². The zero-order chi connectivity index (χ0) is 16.8. The molecule has 1 aliphatic heterocycles. The number of hydrogen-bond acceptors (Lipinski definition) is 4. The number of carbonyl (C=O) groups is 1. The maximum absolute atomic E-state index is 12.2. The first-order chi connectivity index (χ1) is 10.2. The Morgan fingerprint density at radius 3 is 2.73 bits per heavy atom. The number of hydrogen-bond donors (Lipinski definition) is 2. The Morgan fingerprint density at radius 1 is 1.45 bits per heavy atom. The van der Waals surface area contributed by atoms with E-state index in [0.717, 1.165) is 45.2 Å². The van der Waals surface area contributed by atoms with E-state index in [1.807, 2.05) is 32.6 Å². The fraction of sp³-hybridized carbons (Fsp3) is 0.941. The molecule has 3 atom stereocenters. The molecule has 0 aromatic rings. The van der Waals surface area contributed by atoms with Crippen molar-refractivity contribution in [1.82, 2.24) is 10.2 Å². The van der Waals surface area contributed by atoms with Crippen LogP contribution in [0.2, 0.25) is 0 Å². The number of aliphatic hydroxyl groups is 1. The summed E-state index contributed by atoms with van der Waals surface area (Å²) in [7, 11) is 0. The second kappa shape index (κ2) is 8.73. The number of nitrogens with one attached hydrogen (secondary N) is 1. The van der Waals surface area contributed by atoms with Gasteiger partial charge in [-0.2, -0.15) is 0 Å². The van der Waals surface area contributed by atoms with E-state index in [-0.39, 0.29) is 18.2 Å². The summed E-state index contributed by atoms with van der Waals surface area (Å²) < 4.78 is 5.49. The topological polar surface area (TPSA) is 61.8 Å². The van der Waals surface area contributed by atoms with Gasteiger partial charge in [-0.15, -0.1) is 0 Å². The highest BCUT2D eigenvalue weighted by molar-refractivity contribution is 5.68. The molecule has 0 spiro atoms. The first kappa shape index (κ1) is 19.2. The van der Waals surface area contributed by atoms with Gasteiger partial charge in [-0.1, -0.05) is 6.92 Å². The second-order valence-electron chi connectivity index (χ2n) is 7.41. The van der Waals surface area contributed by atoms with Gasteiger partial charge in [0.15, 0.2) is 0 Å². The standard InChI is InChI=1S/C17H34N2O3/c1-6-15(20)9-10-18-13(2)12-14-8-7-11-19(14)16(21)22-17(3,4)5/h13-15,18,20H,6-12H2,1-5H3. The molecule has 1 rings (SSSR count). The van der Waals surface area contributed by atoms with Crippen LogP contribution in [0.25, 0.3) is 0 Å². The quantitative estimate of drug-likeness (QED) is 0.758. The van der Waals surface area contributed by atoms with Crippen molar-refractivity contribution in [2.75, 3.05) is 13.1 Å². The molecule has 1 amide bonds. The van der Waals surface area contributed by atoms with E-state index in [0.29, 0.717) is 6.04 Å². The van der Waals surface area contributed by atoms with Crippen molar-refractivity contribution in [2.45, 2.75) is 90.5 Å². The lowest BCUT2D eigenvalue weighted by Crippen LogP contribution is -2.42. The van der Waals surface area contributed by atoms with Crippen LogP contribution in [0, 0.1) is 0 Å². The molecule has 1 fully saturated rings. The normalized spacial score (nSPS) is 21.7. The molecule has 0 aromatic carbocycles. The fourth-order valence-electron chi connectivity index (χ4n) is 2.83. The minimum Gasteiger partial charge on any atom is -0.444 e. The van der Waals surface area contributed by atoms with Crippen molar-refractivity contribution in [1.29, 1.82) is 0 Å². The summed E-state index contributed by atoms with van der Waals surface area (Å²) in [5.74, 6) is 0. The predicted octanol–water partition coefficient (Wildman–Crippen LogP) is 2.92. The zero-order valence-electron chi connectivity index (χ0n) is 14.9. The average Bonchev–Trinajstić information content (AvgIpc) is 2.84. The van der Waals surface area contributed by atoms with Gasteiger partial charge in [-0.05, 0) is 66.3 Å². The van der Waals surface area contributed by atoms with Crippen LogP contribution >= 0.6 is 0 Å². The Balaban J connectivity index is 2.38. The van der Waals surface area contributed by atoms with Gasteiger partial charge in [0, 0.05) is 18.6 Å². The summed E-state index contributed by atoms with van der Waals surface area (Å²) in [4.78, 5) is 14.1. The molecule has 5 heteroatoms. The van der Waals surface area contributed by atoms with Crippen LogP contribution in [0.15, 0.2) is 0 Å². The third-order valence-corrected chi connectivity index (χ3v) is 4.07. The highest BCUT2D eigenvalue weighted by atomic mass is 16.6. The fourth-order valence-corrected chi connectivity index (χ4v) is 2.83. The van der Waals surface area contributed by atoms with Crippen LogP contribution in [0.5, 0.6) is 0 Å². The van der Waals surface area contributed by atoms with Gasteiger partial charge < -0.3 is 20.1 Å². The highest BCUT2D eigenvalue weighted by Gasteiger charge is 2.32. The van der Waals surface area contributed by atoms with E-state index in [4.69, 9.17) is 4.74 Å². The highest BCUT2D eigenvalue weighted by Crippen LogP contribution is 2.24. The summed E-state index contributed by atoms with van der Waals surface area (Å²) in [5.41, 5.74) is -0.440. The Hall–Kier alpha value is -0.810. The van der Waals surface area contributed by atoms with E-state index in [1.165, 1.54) is 0 Å². The second-order valence-corrected chi connectivity index (χ2v) is 7.41. The SMILES string of the molecule is CCC(O)CCNC(C)CC1CCCN1C(=O)OC(C)(C)C. The zero-order valence-corrected chi connectivity index (χ0v) is 14.9. The number of aliphatic hydroxyl groups excluding tert-OH is 1. The summed E-state index contributed by atoms with van der Waals surface area (Å²) >= 11 is 0. The molecule has 130 valence electrons. The van der Waals surface area contributed by atoms with Crippen LogP contribution < -0.4 is 5.32 Å². The molecule has 0 bridgehead atoms. The Morgan fingerprint density at radius 2 is 2.14 bits per heavy atom. The summed E-state index contributed by atoms with van der Waals surface area (Å²) in [6.07, 6.45) is 4.19. The largest absolute Gasteiger partial charge is 0.444 e. The van der Waals surface area contributed by atoms with E-state index < -0.39 is 5.60 Å². The van der Waals surface area contributed by atoms with Gasteiger partial charge in [0.2, 0.25) is 0 Å². The van der Waals surface area contributed by atoms with Crippen LogP contribution in [-0.2, 0) is 4.74 Å². The van der Waals surface area contributed by atoms with Gasteiger partial charge in [0.1, 0.15) is 5.60 Å². The van der Waals surface area contributed by atoms with Crippen molar-refractivity contribution in [2.24, 2.45) is 0 Å². The Bertz CT molecular complexity index is 341. The lowest BCUT2D eigenvalue weighted by molar-refractivity contribution is 0.0214. The number of likely N-dealkylation sites (tertiary alicyclic amines) is 1. The molecule has 1 heterocycles. The summed E-state index contributed by atoms with van der Waals surface area (Å²) in [5, 5.41) is 13.0. The molecule has 3 unspecified atom stereocenters. The minimum atomic E-state index is -0.440. The molecule has 1 aliphatic rings. The van der Waals surface area contributed by atoms with Crippen molar-refractivity contribution in [3.63, 3.8) is 0 Å². The molecule has 22 heavy (non-hydrogen) atoms. The Kier molecular flexibility index (Phi) is 7.63. The van der Waals surface area contributed by atoms with Crippen LogP contribution in [0.4, 0.5) is 4.79 Å². The molecular formula is C17H34N2O3. The molecule has 1 saturated heterocycles. The molecule has 0 saturated carbocycles. The minimum absolute atomic E-state index is 0.191. The number of ether oxygens (including phenoxy) is 1. The van der Waals surface area contributed by atoms with E-state index in [9.17, 15) is 9.90 Å². The molecule has 0 aliphatic carbocycles. The van der Waals surface area contributed by atoms with Crippen molar-refractivity contribution in [3.05, 3.63) is 0 Å². The maximum Gasteiger partial charge on any atom is 0.410 e. The van der Waals surface area contributed by atoms with E-state index >= 15 is 0 Å². The van der Waals surface area contributed by atoms with E-state index in [2.05, 4.69) is 12.2 Å². The number of carbonyl (C=O) groups excluding carboxylic acids is 1. The van der Waals surface area contributed by atoms with E-state index in [1.54, 1.807) is 0 Å². The van der Waals surface area contributed by atoms with Crippen LogP contribution in [-0.4, -0.2) is 53.0 Å². The molecule has 2 N–H and O–H groups in total. The lowest BCUT2D eigenvalue weighted by atomic mass is 10.1. The average molecular weight is 314 g/mol. The Labute approximate surface area is 135 Å². The summed E-state index contributed by atoms with van der Waals surface area (Å²) in [6, 6.07) is 0.588. The van der Waals surface area contributed by atoms with Gasteiger partial charge in [0.25, 0.3) is 0 Å². The van der Waals surface area contributed by atoms with Crippen molar-refractivity contribution < 1.29 is 14.6 Å². The van der Waals surface area contributed by atoms with Gasteiger partial charge in [-0.25, -0.2) is 4.79 Å². The summed E-state index contributed by atoms with van der Waals surface area (Å²) in [6.45, 7) is 11.4. The smallest absolute Gasteiger partial charge is 0.410 e. The maximum atomic E-state index is 12.2. The molecular weight excluding hydrogens is 280 g/mol. The van der Waals surface area contributed by atoms with Gasteiger partial charge >= 0.3 is 6.09 Å². The molecule has 0 aromatic heterocycles. The van der Waals surface area contributed by atoms with Gasteiger partial charge in [0.05, 0.1) is 6.10 Å². The third-order valence-electron chi connectivity index (χ3n) is 4.07. The molecule has 0 radical (unpaired) electrons. The molecule has 5 nitrogen and oxygen atoms in total. The predicted molar refractivity (Wildman–Crippen MR) is 89.0 cm³/mol.